The van der Waals surface area contributed by atoms with Crippen molar-refractivity contribution in [2.75, 3.05) is 32.8 Å². The van der Waals surface area contributed by atoms with Crippen molar-refractivity contribution in [1.29, 1.82) is 0 Å². The molecule has 0 aliphatic carbocycles. The molecule has 3 aromatic rings. The van der Waals surface area contributed by atoms with Gasteiger partial charge in [-0.3, -0.25) is 9.69 Å². The molecule has 0 atom stereocenters. The van der Waals surface area contributed by atoms with Crippen LogP contribution in [0.25, 0.3) is 5.65 Å². The smallest absolute Gasteiger partial charge is 0.271 e. The fourth-order valence-electron chi connectivity index (χ4n) is 2.68. The Kier molecular flexibility index (Phi) is 11.3. The van der Waals surface area contributed by atoms with Crippen LogP contribution < -0.4 is 10.1 Å². The maximum absolute atomic E-state index is 13.4. The van der Waals surface area contributed by atoms with Crippen LogP contribution in [0, 0.1) is 9.52 Å². The molecule has 0 bridgehead atoms. The molecule has 164 valence electrons. The molecule has 3 heterocycles. The van der Waals surface area contributed by atoms with Gasteiger partial charge in [0.05, 0.1) is 0 Å². The van der Waals surface area contributed by atoms with Gasteiger partial charge in [-0.25, -0.2) is 9.97 Å². The molecule has 0 spiro atoms. The van der Waals surface area contributed by atoms with Crippen molar-refractivity contribution in [3.8, 4) is 5.75 Å². The van der Waals surface area contributed by atoms with Gasteiger partial charge in [0.25, 0.3) is 11.9 Å². The van der Waals surface area contributed by atoms with Crippen LogP contribution in [0.1, 0.15) is 17.4 Å². The molecule has 7 nitrogen and oxygen atoms in total. The molecule has 1 amide bonds. The maximum atomic E-state index is 13.4. The highest BCUT2D eigenvalue weighted by atomic mass is 125. The van der Waals surface area contributed by atoms with Crippen molar-refractivity contribution >= 4 is 59.0 Å². The normalized spacial score (nSPS) is 10.4. The largest absolute Gasteiger partial charge is 0.487 e. The molecule has 30 heavy (non-hydrogen) atoms. The Morgan fingerprint density at radius 2 is 2.07 bits per heavy atom. The van der Waals surface area contributed by atoms with E-state index in [9.17, 15) is 9.18 Å². The average molecular weight is 568 g/mol. The van der Waals surface area contributed by atoms with Crippen molar-refractivity contribution in [3.05, 3.63) is 58.1 Å². The molecule has 0 radical (unpaired) electrons. The first-order valence-electron chi connectivity index (χ1n) is 8.95. The molecule has 0 unspecified atom stereocenters. The summed E-state index contributed by atoms with van der Waals surface area (Å²) in [6.07, 6.45) is 5.03. The van der Waals surface area contributed by atoms with Gasteiger partial charge < -0.3 is 14.5 Å². The van der Waals surface area contributed by atoms with Gasteiger partial charge in [-0.15, -0.1) is 24.8 Å². The number of nitrogens with zero attached hydrogens (tertiary/aromatic N) is 4. The van der Waals surface area contributed by atoms with Crippen molar-refractivity contribution in [2.24, 2.45) is 0 Å². The van der Waals surface area contributed by atoms with E-state index in [1.807, 2.05) is 29.7 Å². The summed E-state index contributed by atoms with van der Waals surface area (Å²) >= 11 is 2.22. The molecule has 1 N–H and O–H groups in total. The number of carbonyl (C=O) groups is 1. The number of halogens is 4. The lowest BCUT2D eigenvalue weighted by molar-refractivity contribution is 0.0943. The Labute approximate surface area is 200 Å². The van der Waals surface area contributed by atoms with Gasteiger partial charge in [0.15, 0.2) is 5.75 Å². The SMILES string of the molecule is CCN(CCNC(=O)c1cn2cc([125I])ccc2n1)CCOc1cccnc1F.Cl.Cl. The standard InChI is InChI=1S/C19H21FIN5O2.2ClH/c1-2-25(10-11-28-16-4-3-7-22-18(16)20)9-8-23-19(27)15-13-26-12-14(21)5-6-17(26)24-15;;/h3-7,12-13H,2,8-11H2,1H3,(H,23,27);2*1H/i21-2;;. The van der Waals surface area contributed by atoms with Crippen LogP contribution in [0.2, 0.25) is 0 Å². The van der Waals surface area contributed by atoms with Crippen LogP contribution >= 0.6 is 47.4 Å². The third-order valence-corrected chi connectivity index (χ3v) is 4.84. The van der Waals surface area contributed by atoms with Crippen molar-refractivity contribution in [2.45, 2.75) is 6.92 Å². The Morgan fingerprint density at radius 3 is 2.80 bits per heavy atom. The number of fused-ring (bicyclic) bond motifs is 1. The number of rotatable bonds is 9. The topological polar surface area (TPSA) is 71.8 Å². The molecule has 0 aliphatic heterocycles. The summed E-state index contributed by atoms with van der Waals surface area (Å²) in [6.45, 7) is 4.92. The van der Waals surface area contributed by atoms with Crippen molar-refractivity contribution in [3.63, 3.8) is 0 Å². The van der Waals surface area contributed by atoms with Gasteiger partial charge in [-0.1, -0.05) is 6.92 Å². The number of hydrogen-bond donors (Lipinski definition) is 1. The number of hydrogen-bond acceptors (Lipinski definition) is 5. The number of carbonyl (C=O) groups excluding carboxylic acids is 1. The van der Waals surface area contributed by atoms with Gasteiger partial charge in [-0.05, 0) is 53.4 Å². The number of aromatic nitrogens is 3. The lowest BCUT2D eigenvalue weighted by atomic mass is 10.4. The first kappa shape index (κ1) is 26.3. The second-order valence-electron chi connectivity index (χ2n) is 6.07. The highest BCUT2D eigenvalue weighted by molar-refractivity contribution is 14.1. The monoisotopic (exact) mass is 567 g/mol. The number of amides is 1. The minimum Gasteiger partial charge on any atom is -0.487 e. The number of pyridine rings is 2. The molecular formula is C19H23Cl2FIN5O2. The summed E-state index contributed by atoms with van der Waals surface area (Å²) in [4.78, 5) is 22.3. The summed E-state index contributed by atoms with van der Waals surface area (Å²) in [5.74, 6) is -0.670. The van der Waals surface area contributed by atoms with E-state index in [1.165, 1.54) is 6.20 Å². The molecule has 0 saturated carbocycles. The van der Waals surface area contributed by atoms with Gasteiger partial charge in [-0.2, -0.15) is 4.39 Å². The van der Waals surface area contributed by atoms with Gasteiger partial charge in [0, 0.05) is 41.8 Å². The summed E-state index contributed by atoms with van der Waals surface area (Å²) in [7, 11) is 0. The van der Waals surface area contributed by atoms with E-state index in [0.29, 0.717) is 31.9 Å². The first-order chi connectivity index (χ1) is 13.6. The number of ether oxygens (including phenoxy) is 1. The lowest BCUT2D eigenvalue weighted by Gasteiger charge is -2.20. The second-order valence-corrected chi connectivity index (χ2v) is 7.32. The zero-order valence-electron chi connectivity index (χ0n) is 16.3. The van der Waals surface area contributed by atoms with Gasteiger partial charge in [0.1, 0.15) is 17.9 Å². The quantitative estimate of drug-likeness (QED) is 0.317. The van der Waals surface area contributed by atoms with E-state index in [-0.39, 0.29) is 36.5 Å². The molecule has 11 heteroatoms. The number of nitrogens with one attached hydrogen (secondary N) is 1. The molecule has 0 fully saturated rings. The molecule has 3 aromatic heterocycles. The highest BCUT2D eigenvalue weighted by Gasteiger charge is 2.11. The Morgan fingerprint density at radius 1 is 1.27 bits per heavy atom. The fraction of sp³-hybridized carbons (Fsp3) is 0.316. The van der Waals surface area contributed by atoms with Crippen LogP contribution in [0.15, 0.2) is 42.9 Å². The Hall–Kier alpha value is -1.69. The summed E-state index contributed by atoms with van der Waals surface area (Å²) < 4.78 is 21.8. The predicted molar refractivity (Wildman–Crippen MR) is 127 cm³/mol. The summed E-state index contributed by atoms with van der Waals surface area (Å²) in [5, 5.41) is 2.89. The zero-order valence-corrected chi connectivity index (χ0v) is 20.0. The summed E-state index contributed by atoms with van der Waals surface area (Å²) in [5.41, 5.74) is 1.13. The van der Waals surface area contributed by atoms with Crippen LogP contribution in [0.5, 0.6) is 5.75 Å². The van der Waals surface area contributed by atoms with Crippen LogP contribution in [-0.4, -0.2) is 58.0 Å². The van der Waals surface area contributed by atoms with E-state index in [4.69, 9.17) is 4.74 Å². The maximum Gasteiger partial charge on any atom is 0.271 e. The summed E-state index contributed by atoms with van der Waals surface area (Å²) in [6, 6.07) is 7.01. The van der Waals surface area contributed by atoms with E-state index >= 15 is 0 Å². The second kappa shape index (κ2) is 12.9. The molecular weight excluding hydrogens is 545 g/mol. The molecule has 0 aromatic carbocycles. The van der Waals surface area contributed by atoms with Crippen LogP contribution in [0.3, 0.4) is 0 Å². The first-order valence-corrected chi connectivity index (χ1v) is 10.0. The molecule has 3 rings (SSSR count). The zero-order chi connectivity index (χ0) is 19.9. The molecule has 0 aliphatic rings. The number of imidazole rings is 1. The van der Waals surface area contributed by atoms with Crippen molar-refractivity contribution < 1.29 is 13.9 Å². The minimum absolute atomic E-state index is 0. The van der Waals surface area contributed by atoms with Crippen molar-refractivity contribution in [1.82, 2.24) is 24.6 Å². The van der Waals surface area contributed by atoms with Gasteiger partial charge >= 0.3 is 0 Å². The Balaban J connectivity index is 0.00000225. The average Bonchev–Trinajstić information content (AvgIpc) is 3.11. The van der Waals surface area contributed by atoms with E-state index in [1.54, 1.807) is 18.3 Å². The van der Waals surface area contributed by atoms with Crippen LogP contribution in [-0.2, 0) is 0 Å². The third-order valence-electron chi connectivity index (χ3n) is 4.20. The predicted octanol–water partition coefficient (Wildman–Crippen LogP) is 3.45. The fourth-order valence-corrected chi connectivity index (χ4v) is 3.16. The van der Waals surface area contributed by atoms with E-state index < -0.39 is 5.95 Å². The highest BCUT2D eigenvalue weighted by Crippen LogP contribution is 2.12. The van der Waals surface area contributed by atoms with Gasteiger partial charge in [0.2, 0.25) is 0 Å². The van der Waals surface area contributed by atoms with E-state index in [0.717, 1.165) is 15.8 Å². The minimum atomic E-state index is -0.611. The molecule has 0 saturated heterocycles. The Bertz CT molecular complexity index is 960. The lowest BCUT2D eigenvalue weighted by Crippen LogP contribution is -2.37. The number of likely N-dealkylation sites (N-methyl/N-ethyl adjacent to an activating group) is 1. The van der Waals surface area contributed by atoms with E-state index in [2.05, 4.69) is 42.8 Å². The van der Waals surface area contributed by atoms with Crippen LogP contribution in [0.4, 0.5) is 4.39 Å². The third kappa shape index (κ3) is 7.22.